The van der Waals surface area contributed by atoms with Crippen LogP contribution in [-0.4, -0.2) is 32.4 Å². The number of unbranched alkanes of at least 4 members (excludes halogenated alkanes) is 13. The molecule has 6 heteroatoms. The van der Waals surface area contributed by atoms with Gasteiger partial charge in [-0.3, -0.25) is 0 Å². The van der Waals surface area contributed by atoms with E-state index in [1.54, 1.807) is 24.3 Å². The number of ether oxygens (including phenoxy) is 3. The number of carbonyl (C=O) groups is 1. The van der Waals surface area contributed by atoms with Crippen molar-refractivity contribution in [1.29, 1.82) is 0 Å². The van der Waals surface area contributed by atoms with E-state index < -0.39 is 0 Å². The topological polar surface area (TPSA) is 69.5 Å². The summed E-state index contributed by atoms with van der Waals surface area (Å²) >= 11 is 0. The Morgan fingerprint density at radius 2 is 1.08 bits per heavy atom. The maximum atomic E-state index is 12.0. The van der Waals surface area contributed by atoms with Crippen LogP contribution in [0.15, 0.2) is 58.8 Å². The van der Waals surface area contributed by atoms with Crippen LogP contribution < -0.4 is 4.74 Å². The Kier molecular flexibility index (Phi) is 18.4. The number of rotatable bonds is 23. The summed E-state index contributed by atoms with van der Waals surface area (Å²) < 4.78 is 16.2. The minimum atomic E-state index is -0.372. The molecule has 0 radical (unpaired) electrons. The molecule has 0 atom stereocenters. The molecule has 0 aromatic heterocycles. The molecule has 216 valence electrons. The van der Waals surface area contributed by atoms with E-state index in [4.69, 9.17) is 14.2 Å². The molecule has 0 aliphatic rings. The molecule has 2 aromatic carbocycles. The van der Waals surface area contributed by atoms with Crippen LogP contribution in [0.5, 0.6) is 5.75 Å². The van der Waals surface area contributed by atoms with Crippen molar-refractivity contribution >= 4 is 17.3 Å². The number of benzene rings is 2. The van der Waals surface area contributed by atoms with E-state index in [9.17, 15) is 4.79 Å². The second-order valence-electron chi connectivity index (χ2n) is 10.0. The Balaban J connectivity index is 1.51. The van der Waals surface area contributed by atoms with Crippen LogP contribution in [0.2, 0.25) is 0 Å². The Morgan fingerprint density at radius 3 is 1.59 bits per heavy atom. The average molecular weight is 539 g/mol. The maximum Gasteiger partial charge on any atom is 0.338 e. The lowest BCUT2D eigenvalue weighted by atomic mass is 10.0. The van der Waals surface area contributed by atoms with Crippen molar-refractivity contribution in [1.82, 2.24) is 0 Å². The highest BCUT2D eigenvalue weighted by Crippen LogP contribution is 2.22. The molecule has 2 aromatic rings. The molecule has 0 N–H and O–H groups in total. The monoisotopic (exact) mass is 538 g/mol. The average Bonchev–Trinajstić information content (AvgIpc) is 2.97. The third kappa shape index (κ3) is 16.1. The largest absolute Gasteiger partial charge is 0.494 e. The van der Waals surface area contributed by atoms with Crippen molar-refractivity contribution in [3.63, 3.8) is 0 Å². The zero-order valence-electron chi connectivity index (χ0n) is 24.4. The summed E-state index contributed by atoms with van der Waals surface area (Å²) in [5.74, 6) is 0.485. The predicted molar refractivity (Wildman–Crippen MR) is 160 cm³/mol. The van der Waals surface area contributed by atoms with Crippen LogP contribution >= 0.6 is 0 Å². The first-order chi connectivity index (χ1) is 19.2. The van der Waals surface area contributed by atoms with Gasteiger partial charge in [-0.1, -0.05) is 90.4 Å². The maximum absolute atomic E-state index is 12.0. The molecule has 0 spiro atoms. The van der Waals surface area contributed by atoms with Crippen molar-refractivity contribution in [2.24, 2.45) is 10.2 Å². The van der Waals surface area contributed by atoms with Gasteiger partial charge in [-0.05, 0) is 61.9 Å². The van der Waals surface area contributed by atoms with Gasteiger partial charge in [0.05, 0.1) is 30.2 Å². The van der Waals surface area contributed by atoms with E-state index >= 15 is 0 Å². The smallest absolute Gasteiger partial charge is 0.338 e. The van der Waals surface area contributed by atoms with Gasteiger partial charge in [0, 0.05) is 6.61 Å². The molecule has 2 rings (SSSR count). The van der Waals surface area contributed by atoms with Crippen molar-refractivity contribution in [3.05, 3.63) is 54.1 Å². The van der Waals surface area contributed by atoms with E-state index in [1.165, 1.54) is 83.5 Å². The zero-order chi connectivity index (χ0) is 27.8. The fraction of sp³-hybridized carbons (Fsp3) is 0.606. The fourth-order valence-electron chi connectivity index (χ4n) is 4.30. The molecule has 0 aliphatic carbocycles. The molecule has 0 amide bonds. The quantitative estimate of drug-likeness (QED) is 0.0801. The number of hydrogen-bond acceptors (Lipinski definition) is 6. The molecule has 0 unspecified atom stereocenters. The molecule has 39 heavy (non-hydrogen) atoms. The SMILES string of the molecule is CCCCCCCCCCCCCCCCOc1ccc(N=Nc2ccc(C(=O)OCCOCC)cc2)cc1. The first-order valence-corrected chi connectivity index (χ1v) is 15.2. The number of azo groups is 1. The van der Waals surface area contributed by atoms with Crippen molar-refractivity contribution in [2.75, 3.05) is 26.4 Å². The van der Waals surface area contributed by atoms with Crippen LogP contribution in [-0.2, 0) is 9.47 Å². The van der Waals surface area contributed by atoms with Gasteiger partial charge in [-0.15, -0.1) is 0 Å². The highest BCUT2D eigenvalue weighted by atomic mass is 16.6. The van der Waals surface area contributed by atoms with E-state index in [-0.39, 0.29) is 12.6 Å². The Bertz CT molecular complexity index is 897. The summed E-state index contributed by atoms with van der Waals surface area (Å²) in [6.45, 7) is 6.18. The minimum absolute atomic E-state index is 0.243. The number of nitrogens with zero attached hydrogens (tertiary/aromatic N) is 2. The van der Waals surface area contributed by atoms with Gasteiger partial charge < -0.3 is 14.2 Å². The Labute approximate surface area is 236 Å². The third-order valence-electron chi connectivity index (χ3n) is 6.65. The fourth-order valence-corrected chi connectivity index (χ4v) is 4.30. The van der Waals surface area contributed by atoms with Crippen molar-refractivity contribution < 1.29 is 19.0 Å². The summed E-state index contributed by atoms with van der Waals surface area (Å²) in [7, 11) is 0. The molecule has 0 fully saturated rings. The van der Waals surface area contributed by atoms with Crippen LogP contribution in [0.3, 0.4) is 0 Å². The highest BCUT2D eigenvalue weighted by Gasteiger charge is 2.06. The van der Waals surface area contributed by atoms with Crippen LogP contribution in [0.25, 0.3) is 0 Å². The van der Waals surface area contributed by atoms with Crippen LogP contribution in [0, 0.1) is 0 Å². The Hall–Kier alpha value is -2.73. The molecule has 0 saturated heterocycles. The van der Waals surface area contributed by atoms with Gasteiger partial charge in [0.2, 0.25) is 0 Å². The second kappa shape index (κ2) is 22.1. The molecular formula is C33H50N2O4. The first kappa shape index (κ1) is 32.5. The summed E-state index contributed by atoms with van der Waals surface area (Å²) in [5.41, 5.74) is 1.89. The standard InChI is InChI=1S/C33H50N2O4/c1-3-5-6-7-8-9-10-11-12-13-14-15-16-17-26-38-32-24-22-31(23-25-32)35-34-30-20-18-29(19-21-30)33(36)39-28-27-37-4-2/h18-25H,3-17,26-28H2,1-2H3. The molecule has 0 heterocycles. The van der Waals surface area contributed by atoms with Crippen molar-refractivity contribution in [2.45, 2.75) is 104 Å². The summed E-state index contributed by atoms with van der Waals surface area (Å²) in [6, 6.07) is 14.5. The highest BCUT2D eigenvalue weighted by molar-refractivity contribution is 5.89. The zero-order valence-corrected chi connectivity index (χ0v) is 24.4. The normalized spacial score (nSPS) is 11.2. The van der Waals surface area contributed by atoms with Gasteiger partial charge in [0.15, 0.2) is 0 Å². The summed E-state index contributed by atoms with van der Waals surface area (Å²) in [4.78, 5) is 12.0. The molecule has 6 nitrogen and oxygen atoms in total. The first-order valence-electron chi connectivity index (χ1n) is 15.2. The molecular weight excluding hydrogens is 488 g/mol. The number of carbonyl (C=O) groups excluding carboxylic acids is 1. The van der Waals surface area contributed by atoms with Crippen molar-refractivity contribution in [3.8, 4) is 5.75 Å². The third-order valence-corrected chi connectivity index (χ3v) is 6.65. The second-order valence-corrected chi connectivity index (χ2v) is 10.0. The van der Waals surface area contributed by atoms with E-state index in [0.717, 1.165) is 24.5 Å². The van der Waals surface area contributed by atoms with E-state index in [0.29, 0.717) is 24.5 Å². The molecule has 0 saturated carbocycles. The van der Waals surface area contributed by atoms with E-state index in [2.05, 4.69) is 17.2 Å². The van der Waals surface area contributed by atoms with Crippen LogP contribution in [0.4, 0.5) is 11.4 Å². The number of hydrogen-bond donors (Lipinski definition) is 0. The molecule has 0 aliphatic heterocycles. The molecule has 0 bridgehead atoms. The predicted octanol–water partition coefficient (Wildman–Crippen LogP) is 10.2. The minimum Gasteiger partial charge on any atom is -0.494 e. The Morgan fingerprint density at radius 1 is 0.590 bits per heavy atom. The number of esters is 1. The van der Waals surface area contributed by atoms with Crippen LogP contribution in [0.1, 0.15) is 114 Å². The summed E-state index contributed by atoms with van der Waals surface area (Å²) in [5, 5.41) is 8.53. The van der Waals surface area contributed by atoms with Gasteiger partial charge in [-0.25, -0.2) is 4.79 Å². The van der Waals surface area contributed by atoms with E-state index in [1.807, 2.05) is 31.2 Å². The van der Waals surface area contributed by atoms with Gasteiger partial charge >= 0.3 is 5.97 Å². The lowest BCUT2D eigenvalue weighted by Gasteiger charge is -2.06. The van der Waals surface area contributed by atoms with Gasteiger partial charge in [-0.2, -0.15) is 10.2 Å². The lowest BCUT2D eigenvalue weighted by Crippen LogP contribution is -2.10. The summed E-state index contributed by atoms with van der Waals surface area (Å²) in [6.07, 6.45) is 19.0. The lowest BCUT2D eigenvalue weighted by molar-refractivity contribution is 0.0335. The van der Waals surface area contributed by atoms with Gasteiger partial charge in [0.1, 0.15) is 12.4 Å². The van der Waals surface area contributed by atoms with Gasteiger partial charge in [0.25, 0.3) is 0 Å².